The molecule has 1 amide bonds. The van der Waals surface area contributed by atoms with Gasteiger partial charge in [0.05, 0.1) is 13.2 Å². The van der Waals surface area contributed by atoms with Crippen LogP contribution in [0.25, 0.3) is 0 Å². The molecule has 1 fully saturated rings. The van der Waals surface area contributed by atoms with Gasteiger partial charge in [-0.3, -0.25) is 9.79 Å². The fraction of sp³-hybridized carbons (Fsp3) is 0.743. The summed E-state index contributed by atoms with van der Waals surface area (Å²) in [4.78, 5) is 31.6. The highest BCUT2D eigenvalue weighted by molar-refractivity contribution is 6.40. The maximum atomic E-state index is 13.6. The van der Waals surface area contributed by atoms with Crippen molar-refractivity contribution >= 4 is 17.6 Å². The lowest BCUT2D eigenvalue weighted by Gasteiger charge is -2.46. The van der Waals surface area contributed by atoms with Crippen LogP contribution in [0.4, 0.5) is 0 Å². The van der Waals surface area contributed by atoms with E-state index in [9.17, 15) is 9.59 Å². The third kappa shape index (κ3) is 11.7. The zero-order valence-corrected chi connectivity index (χ0v) is 28.4. The van der Waals surface area contributed by atoms with Gasteiger partial charge in [0.2, 0.25) is 0 Å². The first-order chi connectivity index (χ1) is 19.0. The Labute approximate surface area is 248 Å². The van der Waals surface area contributed by atoms with E-state index in [0.717, 1.165) is 56.1 Å². The van der Waals surface area contributed by atoms with Crippen LogP contribution in [-0.4, -0.2) is 41.3 Å². The second-order valence-corrected chi connectivity index (χ2v) is 11.2. The second kappa shape index (κ2) is 21.6. The molecule has 0 N–H and O–H groups in total. The molecule has 2 aliphatic rings. The van der Waals surface area contributed by atoms with Gasteiger partial charge in [0, 0.05) is 5.57 Å². The minimum absolute atomic E-state index is 0.214. The van der Waals surface area contributed by atoms with Gasteiger partial charge in [-0.25, -0.2) is 4.79 Å². The van der Waals surface area contributed by atoms with Crippen LogP contribution in [0.5, 0.6) is 0 Å². The summed E-state index contributed by atoms with van der Waals surface area (Å²) in [6.07, 6.45) is 13.6. The van der Waals surface area contributed by atoms with E-state index in [1.54, 1.807) is 19.9 Å². The number of methoxy groups -OCH3 is 1. The Kier molecular flexibility index (Phi) is 21.5. The highest BCUT2D eigenvalue weighted by Crippen LogP contribution is 2.46. The minimum Gasteiger partial charge on any atom is -0.466 e. The van der Waals surface area contributed by atoms with Gasteiger partial charge in [0.15, 0.2) is 0 Å². The minimum atomic E-state index is -0.283. The molecule has 1 saturated carbocycles. The van der Waals surface area contributed by atoms with Crippen molar-refractivity contribution in [1.29, 1.82) is 0 Å². The first-order valence-corrected chi connectivity index (χ1v) is 15.8. The first kappa shape index (κ1) is 40.0. The summed E-state index contributed by atoms with van der Waals surface area (Å²) in [5.74, 6) is 1.93. The van der Waals surface area contributed by atoms with E-state index in [-0.39, 0.29) is 23.6 Å². The van der Waals surface area contributed by atoms with Gasteiger partial charge in [-0.15, -0.1) is 13.2 Å². The summed E-state index contributed by atoms with van der Waals surface area (Å²) < 4.78 is 4.40. The van der Waals surface area contributed by atoms with E-state index in [1.807, 2.05) is 13.8 Å². The van der Waals surface area contributed by atoms with Gasteiger partial charge < -0.3 is 9.64 Å². The molecule has 1 atom stereocenters. The van der Waals surface area contributed by atoms with Crippen LogP contribution in [0.2, 0.25) is 0 Å². The lowest BCUT2D eigenvalue weighted by atomic mass is 9.75. The predicted octanol–water partition coefficient (Wildman–Crippen LogP) is 9.73. The van der Waals surface area contributed by atoms with Gasteiger partial charge in [-0.05, 0) is 83.5 Å². The van der Waals surface area contributed by atoms with E-state index >= 15 is 0 Å². The summed E-state index contributed by atoms with van der Waals surface area (Å²) in [5, 5.41) is 0. The molecule has 5 nitrogen and oxygen atoms in total. The molecule has 1 unspecified atom stereocenters. The zero-order valence-electron chi connectivity index (χ0n) is 28.4. The molecule has 0 saturated heterocycles. The predicted molar refractivity (Wildman–Crippen MR) is 175 cm³/mol. The quantitative estimate of drug-likeness (QED) is 0.152. The summed E-state index contributed by atoms with van der Waals surface area (Å²) in [7, 11) is 1.37. The van der Waals surface area contributed by atoms with E-state index in [2.05, 4.69) is 77.3 Å². The summed E-state index contributed by atoms with van der Waals surface area (Å²) in [6.45, 7) is 29.2. The third-order valence-corrected chi connectivity index (χ3v) is 7.92. The highest BCUT2D eigenvalue weighted by atomic mass is 16.5. The topological polar surface area (TPSA) is 59.0 Å². The van der Waals surface area contributed by atoms with Crippen molar-refractivity contribution in [2.24, 2.45) is 22.7 Å². The normalized spacial score (nSPS) is 21.6. The third-order valence-electron chi connectivity index (χ3n) is 7.92. The number of hydrogen-bond donors (Lipinski definition) is 0. The Balaban J connectivity index is 0. The molecule has 1 aliphatic heterocycles. The Morgan fingerprint density at radius 3 is 2.00 bits per heavy atom. The van der Waals surface area contributed by atoms with Crippen molar-refractivity contribution in [3.8, 4) is 0 Å². The fourth-order valence-corrected chi connectivity index (χ4v) is 5.54. The summed E-state index contributed by atoms with van der Waals surface area (Å²) in [6, 6.07) is 0.214. The van der Waals surface area contributed by atoms with Crippen LogP contribution in [-0.2, 0) is 14.3 Å². The molecule has 232 valence electrons. The molecule has 1 heterocycles. The standard InChI is InChI=1S/C25H44N2O.C6H10O2.C2H6.C2H4/c1-8-11-12-23(20(9-2)10-3)27-24(28)22(17-18(4)5)26-25(27)15-13-21(14-16-25)19(6)7;1-4-5(2)6(7)8-3;2*1-2/h9,18-19,21,23H,8,10-17H2,1-7H3;4H,1-3H3;1-2H3;1-2H2/b20-9+;5-4+;;. The average molecular weight is 561 g/mol. The Bertz CT molecular complexity index is 814. The van der Waals surface area contributed by atoms with Gasteiger partial charge in [-0.1, -0.05) is 86.0 Å². The van der Waals surface area contributed by atoms with Crippen molar-refractivity contribution in [2.45, 2.75) is 146 Å². The number of allylic oxidation sites excluding steroid dienone is 2. The van der Waals surface area contributed by atoms with Gasteiger partial charge in [-0.2, -0.15) is 0 Å². The van der Waals surface area contributed by atoms with Gasteiger partial charge in [0.25, 0.3) is 5.91 Å². The van der Waals surface area contributed by atoms with Crippen molar-refractivity contribution in [1.82, 2.24) is 4.90 Å². The Morgan fingerprint density at radius 1 is 1.10 bits per heavy atom. The lowest BCUT2D eigenvalue weighted by Crippen LogP contribution is -2.54. The summed E-state index contributed by atoms with van der Waals surface area (Å²) >= 11 is 0. The van der Waals surface area contributed by atoms with Crippen LogP contribution in [0, 0.1) is 17.8 Å². The number of carbonyl (C=O) groups excluding carboxylic acids is 2. The number of hydrogen-bond acceptors (Lipinski definition) is 4. The van der Waals surface area contributed by atoms with E-state index in [4.69, 9.17) is 4.99 Å². The first-order valence-electron chi connectivity index (χ1n) is 15.8. The van der Waals surface area contributed by atoms with E-state index in [1.165, 1.54) is 31.9 Å². The SMILES string of the molecule is C/C=C(\C)C(=O)OC.C/C=C(\CC)C(CCCC)N1C(=O)C(CC(C)C)=NC12CCC(C(C)C)CC2.C=C.CC. The lowest BCUT2D eigenvalue weighted by molar-refractivity contribution is -0.136. The molecule has 0 aromatic heterocycles. The number of rotatable bonds is 10. The van der Waals surface area contributed by atoms with Crippen molar-refractivity contribution in [3.63, 3.8) is 0 Å². The maximum Gasteiger partial charge on any atom is 0.333 e. The molecule has 0 bridgehead atoms. The smallest absolute Gasteiger partial charge is 0.333 e. The summed E-state index contributed by atoms with van der Waals surface area (Å²) in [5.41, 5.74) is 2.61. The molecule has 0 aromatic carbocycles. The van der Waals surface area contributed by atoms with Crippen LogP contribution in [0.3, 0.4) is 0 Å². The molecule has 5 heteroatoms. The largest absolute Gasteiger partial charge is 0.466 e. The van der Waals surface area contributed by atoms with Crippen molar-refractivity contribution < 1.29 is 14.3 Å². The number of amides is 1. The van der Waals surface area contributed by atoms with E-state index < -0.39 is 0 Å². The van der Waals surface area contributed by atoms with Crippen LogP contribution in [0.15, 0.2) is 41.4 Å². The molecule has 2 rings (SSSR count). The number of aliphatic imine (C=N–C) groups is 1. The number of carbonyl (C=O) groups is 2. The monoisotopic (exact) mass is 560 g/mol. The number of ether oxygens (including phenoxy) is 1. The Hall–Kier alpha value is -2.17. The van der Waals surface area contributed by atoms with Gasteiger partial charge in [0.1, 0.15) is 11.4 Å². The molecule has 40 heavy (non-hydrogen) atoms. The molecule has 0 radical (unpaired) electrons. The molecular weight excluding hydrogens is 496 g/mol. The number of nitrogens with zero attached hydrogens (tertiary/aromatic N) is 2. The molecule has 1 spiro atoms. The van der Waals surface area contributed by atoms with Crippen LogP contribution < -0.4 is 0 Å². The highest BCUT2D eigenvalue weighted by Gasteiger charge is 2.51. The van der Waals surface area contributed by atoms with Gasteiger partial charge >= 0.3 is 5.97 Å². The van der Waals surface area contributed by atoms with Crippen molar-refractivity contribution in [2.75, 3.05) is 7.11 Å². The number of esters is 1. The average Bonchev–Trinajstić information content (AvgIpc) is 3.21. The van der Waals surface area contributed by atoms with Crippen LogP contribution in [0.1, 0.15) is 134 Å². The second-order valence-electron chi connectivity index (χ2n) is 11.2. The Morgan fingerprint density at radius 2 is 1.65 bits per heavy atom. The van der Waals surface area contributed by atoms with Crippen molar-refractivity contribution in [3.05, 3.63) is 36.5 Å². The molecular formula is C35H64N2O3. The number of unbranched alkanes of at least 4 members (excludes halogenated alkanes) is 1. The molecule has 0 aromatic rings. The maximum absolute atomic E-state index is 13.6. The van der Waals surface area contributed by atoms with E-state index in [0.29, 0.717) is 11.5 Å². The fourth-order valence-electron chi connectivity index (χ4n) is 5.54. The molecule has 1 aliphatic carbocycles. The zero-order chi connectivity index (χ0) is 31.5. The van der Waals surface area contributed by atoms with Crippen LogP contribution >= 0.6 is 0 Å².